The normalized spacial score (nSPS) is 26.4. The third kappa shape index (κ3) is 4.35. The van der Waals surface area contributed by atoms with Gasteiger partial charge in [0.25, 0.3) is 0 Å². The van der Waals surface area contributed by atoms with E-state index >= 15 is 0 Å². The van der Waals surface area contributed by atoms with Crippen molar-refractivity contribution in [1.82, 2.24) is 0 Å². The molecule has 0 heterocycles. The first-order valence-electron chi connectivity index (χ1n) is 6.04. The fraction of sp³-hybridized carbons (Fsp3) is 0.769. The number of hydrogen-bond acceptors (Lipinski definition) is 3. The van der Waals surface area contributed by atoms with Crippen LogP contribution in [-0.2, 0) is 9.53 Å². The Morgan fingerprint density at radius 3 is 2.69 bits per heavy atom. The van der Waals surface area contributed by atoms with Crippen LogP contribution in [0.25, 0.3) is 0 Å². The Hall–Kier alpha value is -0.830. The molecular weight excluding hydrogens is 204 g/mol. The summed E-state index contributed by atoms with van der Waals surface area (Å²) in [6, 6.07) is 0. The number of allylic oxidation sites excluding steroid dienone is 1. The highest BCUT2D eigenvalue weighted by Crippen LogP contribution is 2.37. The van der Waals surface area contributed by atoms with Gasteiger partial charge in [-0.3, -0.25) is 4.79 Å². The molecule has 0 amide bonds. The molecule has 0 spiro atoms. The van der Waals surface area contributed by atoms with Crippen molar-refractivity contribution in [3.63, 3.8) is 0 Å². The van der Waals surface area contributed by atoms with Gasteiger partial charge in [0.15, 0.2) is 0 Å². The summed E-state index contributed by atoms with van der Waals surface area (Å²) in [7, 11) is 0. The summed E-state index contributed by atoms with van der Waals surface area (Å²) in [6.07, 6.45) is 7.63. The van der Waals surface area contributed by atoms with Gasteiger partial charge in [-0.2, -0.15) is 0 Å². The fourth-order valence-corrected chi connectivity index (χ4v) is 1.94. The van der Waals surface area contributed by atoms with Gasteiger partial charge in [-0.15, -0.1) is 0 Å². The van der Waals surface area contributed by atoms with Gasteiger partial charge in [-0.05, 0) is 37.0 Å². The summed E-state index contributed by atoms with van der Waals surface area (Å²) in [4.78, 5) is 10.7. The van der Waals surface area contributed by atoms with Crippen LogP contribution < -0.4 is 0 Å². The molecular formula is C13H22O3. The van der Waals surface area contributed by atoms with Gasteiger partial charge in [0, 0.05) is 13.5 Å². The molecule has 3 atom stereocenters. The van der Waals surface area contributed by atoms with Crippen molar-refractivity contribution in [2.75, 3.05) is 13.2 Å². The number of carbonyl (C=O) groups excluding carboxylic acids is 1. The minimum atomic E-state index is -0.185. The van der Waals surface area contributed by atoms with E-state index in [2.05, 4.69) is 12.2 Å². The molecule has 3 nitrogen and oxygen atoms in total. The molecule has 16 heavy (non-hydrogen) atoms. The smallest absolute Gasteiger partial charge is 0.302 e. The molecule has 1 aliphatic carbocycles. The maximum Gasteiger partial charge on any atom is 0.302 e. The molecule has 3 heteroatoms. The SMILES string of the molecule is CC(=O)OC[C@@H]1CC[C@H]1C/C=C\[C@H](C)CO. The first kappa shape index (κ1) is 13.2. The highest BCUT2D eigenvalue weighted by atomic mass is 16.5. The van der Waals surface area contributed by atoms with E-state index < -0.39 is 0 Å². The van der Waals surface area contributed by atoms with Crippen LogP contribution in [0.2, 0.25) is 0 Å². The van der Waals surface area contributed by atoms with Crippen LogP contribution in [-0.4, -0.2) is 24.3 Å². The van der Waals surface area contributed by atoms with E-state index in [9.17, 15) is 4.79 Å². The number of esters is 1. The second-order valence-corrected chi connectivity index (χ2v) is 4.72. The van der Waals surface area contributed by atoms with Crippen LogP contribution in [0, 0.1) is 17.8 Å². The van der Waals surface area contributed by atoms with Crippen LogP contribution in [0.15, 0.2) is 12.2 Å². The predicted octanol–water partition coefficient (Wildman–Crippen LogP) is 2.15. The molecule has 0 aromatic carbocycles. The lowest BCUT2D eigenvalue weighted by atomic mass is 9.72. The zero-order valence-corrected chi connectivity index (χ0v) is 10.2. The maximum atomic E-state index is 10.7. The molecule has 0 aromatic rings. The summed E-state index contributed by atoms with van der Waals surface area (Å²) in [6.45, 7) is 4.23. The van der Waals surface area contributed by atoms with Crippen molar-refractivity contribution in [1.29, 1.82) is 0 Å². The van der Waals surface area contributed by atoms with Crippen molar-refractivity contribution in [2.24, 2.45) is 17.8 Å². The Labute approximate surface area is 97.5 Å². The second-order valence-electron chi connectivity index (χ2n) is 4.72. The van der Waals surface area contributed by atoms with Crippen molar-refractivity contribution in [3.8, 4) is 0 Å². The van der Waals surface area contributed by atoms with Gasteiger partial charge in [-0.25, -0.2) is 0 Å². The molecule has 0 bridgehead atoms. The monoisotopic (exact) mass is 226 g/mol. The topological polar surface area (TPSA) is 46.5 Å². The number of hydrogen-bond donors (Lipinski definition) is 1. The van der Waals surface area contributed by atoms with Crippen LogP contribution in [0.4, 0.5) is 0 Å². The van der Waals surface area contributed by atoms with Crippen molar-refractivity contribution in [2.45, 2.75) is 33.1 Å². The van der Waals surface area contributed by atoms with Gasteiger partial charge >= 0.3 is 5.97 Å². The molecule has 92 valence electrons. The summed E-state index contributed by atoms with van der Waals surface area (Å²) < 4.78 is 5.02. The lowest BCUT2D eigenvalue weighted by Gasteiger charge is -2.35. The highest BCUT2D eigenvalue weighted by molar-refractivity contribution is 5.65. The lowest BCUT2D eigenvalue weighted by Crippen LogP contribution is -2.30. The van der Waals surface area contributed by atoms with E-state index in [1.807, 2.05) is 6.92 Å². The van der Waals surface area contributed by atoms with Crippen molar-refractivity contribution < 1.29 is 14.6 Å². The third-order valence-electron chi connectivity index (χ3n) is 3.27. The Kier molecular flexibility index (Phi) is 5.53. The van der Waals surface area contributed by atoms with E-state index in [0.29, 0.717) is 18.4 Å². The van der Waals surface area contributed by atoms with Crippen LogP contribution in [0.3, 0.4) is 0 Å². The minimum Gasteiger partial charge on any atom is -0.466 e. The quantitative estimate of drug-likeness (QED) is 0.557. The van der Waals surface area contributed by atoms with Gasteiger partial charge in [-0.1, -0.05) is 19.1 Å². The first-order chi connectivity index (χ1) is 7.63. The van der Waals surface area contributed by atoms with Crippen molar-refractivity contribution in [3.05, 3.63) is 12.2 Å². The van der Waals surface area contributed by atoms with Gasteiger partial charge in [0.1, 0.15) is 0 Å². The molecule has 0 radical (unpaired) electrons. The fourth-order valence-electron chi connectivity index (χ4n) is 1.94. The van der Waals surface area contributed by atoms with Gasteiger partial charge in [0.2, 0.25) is 0 Å². The van der Waals surface area contributed by atoms with E-state index in [1.165, 1.54) is 19.8 Å². The lowest BCUT2D eigenvalue weighted by molar-refractivity contribution is -0.144. The number of aliphatic hydroxyl groups is 1. The third-order valence-corrected chi connectivity index (χ3v) is 3.27. The molecule has 0 aromatic heterocycles. The van der Waals surface area contributed by atoms with E-state index in [0.717, 1.165) is 6.42 Å². The molecule has 1 fully saturated rings. The molecule has 0 unspecified atom stereocenters. The predicted molar refractivity (Wildman–Crippen MR) is 62.9 cm³/mol. The molecule has 0 aliphatic heterocycles. The average molecular weight is 226 g/mol. The van der Waals surface area contributed by atoms with Crippen LogP contribution in [0.5, 0.6) is 0 Å². The molecule has 1 N–H and O–H groups in total. The Morgan fingerprint density at radius 1 is 1.50 bits per heavy atom. The Morgan fingerprint density at radius 2 is 2.19 bits per heavy atom. The highest BCUT2D eigenvalue weighted by Gasteiger charge is 2.30. The first-order valence-corrected chi connectivity index (χ1v) is 6.04. The number of ether oxygens (including phenoxy) is 1. The van der Waals surface area contributed by atoms with Crippen molar-refractivity contribution >= 4 is 5.97 Å². The summed E-state index contributed by atoms with van der Waals surface area (Å²) in [5.41, 5.74) is 0. The number of rotatable bonds is 6. The van der Waals surface area contributed by atoms with E-state index in [4.69, 9.17) is 9.84 Å². The zero-order valence-electron chi connectivity index (χ0n) is 10.2. The van der Waals surface area contributed by atoms with Crippen LogP contribution in [0.1, 0.15) is 33.1 Å². The standard InChI is InChI=1S/C13H22O3/c1-10(8-14)4-3-5-12-6-7-13(12)9-16-11(2)15/h3-4,10,12-14H,5-9H2,1-2H3/b4-3-/t10-,12+,13-/m0/s1. The number of carbonyl (C=O) groups is 1. The van der Waals surface area contributed by atoms with Gasteiger partial charge in [0.05, 0.1) is 6.61 Å². The van der Waals surface area contributed by atoms with E-state index in [-0.39, 0.29) is 18.5 Å². The maximum absolute atomic E-state index is 10.7. The molecule has 1 aliphatic rings. The molecule has 1 rings (SSSR count). The molecule has 0 saturated heterocycles. The second kappa shape index (κ2) is 6.69. The summed E-state index contributed by atoms with van der Waals surface area (Å²) >= 11 is 0. The zero-order chi connectivity index (χ0) is 12.0. The summed E-state index contributed by atoms with van der Waals surface area (Å²) in [5, 5.41) is 8.86. The number of aliphatic hydroxyl groups excluding tert-OH is 1. The average Bonchev–Trinajstić information content (AvgIpc) is 2.22. The van der Waals surface area contributed by atoms with E-state index in [1.54, 1.807) is 0 Å². The van der Waals surface area contributed by atoms with Gasteiger partial charge < -0.3 is 9.84 Å². The minimum absolute atomic E-state index is 0.185. The Bertz CT molecular complexity index is 248. The summed E-state index contributed by atoms with van der Waals surface area (Å²) in [5.74, 6) is 1.25. The van der Waals surface area contributed by atoms with Crippen LogP contribution >= 0.6 is 0 Å². The Balaban J connectivity index is 2.18. The largest absolute Gasteiger partial charge is 0.466 e. The molecule has 1 saturated carbocycles.